The Bertz CT molecular complexity index is 962. The lowest BCUT2D eigenvalue weighted by Gasteiger charge is -2.32. The summed E-state index contributed by atoms with van der Waals surface area (Å²) >= 11 is 0. The molecule has 3 heterocycles. The number of carbonyl (C=O) groups is 3. The van der Waals surface area contributed by atoms with Gasteiger partial charge in [-0.05, 0) is 37.0 Å². The number of para-hydroxylation sites is 1. The van der Waals surface area contributed by atoms with Crippen LogP contribution in [0.15, 0.2) is 60.7 Å². The quantitative estimate of drug-likeness (QED) is 0.772. The maximum atomic E-state index is 13.6. The summed E-state index contributed by atoms with van der Waals surface area (Å²) in [5.74, 6) is -2.00. The largest absolute Gasteiger partial charge is 0.354 e. The Morgan fingerprint density at radius 3 is 2.28 bits per heavy atom. The Kier molecular flexibility index (Phi) is 4.24. The Morgan fingerprint density at radius 1 is 0.862 bits per heavy atom. The van der Waals surface area contributed by atoms with Crippen molar-refractivity contribution < 1.29 is 14.4 Å². The number of rotatable bonds is 2. The Morgan fingerprint density at radius 2 is 1.55 bits per heavy atom. The lowest BCUT2D eigenvalue weighted by atomic mass is 9.76. The van der Waals surface area contributed by atoms with Crippen LogP contribution in [-0.4, -0.2) is 29.8 Å². The fourth-order valence-electron chi connectivity index (χ4n) is 5.22. The topological polar surface area (TPSA) is 78.5 Å². The van der Waals surface area contributed by atoms with E-state index >= 15 is 0 Å². The molecule has 2 aromatic carbocycles. The average Bonchev–Trinajstić information content (AvgIpc) is 3.15. The zero-order valence-electron chi connectivity index (χ0n) is 16.0. The molecule has 0 aliphatic carbocycles. The van der Waals surface area contributed by atoms with E-state index in [1.54, 1.807) is 12.1 Å². The molecule has 6 nitrogen and oxygen atoms in total. The van der Waals surface area contributed by atoms with Crippen LogP contribution >= 0.6 is 0 Å². The number of nitrogens with one attached hydrogen (secondary N) is 2. The van der Waals surface area contributed by atoms with E-state index in [1.807, 2.05) is 48.5 Å². The highest BCUT2D eigenvalue weighted by molar-refractivity contribution is 6.24. The van der Waals surface area contributed by atoms with Crippen LogP contribution in [0.2, 0.25) is 0 Å². The monoisotopic (exact) mass is 389 g/mol. The fourth-order valence-corrected chi connectivity index (χ4v) is 5.22. The number of amides is 3. The van der Waals surface area contributed by atoms with Crippen LogP contribution in [0.1, 0.15) is 30.9 Å². The standard InChI is InChI=1S/C23H23N3O3/c27-20-17-18(21(28)26(20)16-11-5-2-6-12-16)23(13-7-8-14-24-22(23)29)25-19(17)15-9-3-1-4-10-15/h1-6,9-12,17-19,25H,7-8,13-14H2,(H,24,29)/t17-,18-,19-,23-/m0/s1. The first-order valence-corrected chi connectivity index (χ1v) is 10.2. The minimum absolute atomic E-state index is 0.167. The van der Waals surface area contributed by atoms with E-state index in [4.69, 9.17) is 0 Å². The van der Waals surface area contributed by atoms with Gasteiger partial charge >= 0.3 is 0 Å². The molecular weight excluding hydrogens is 366 g/mol. The highest BCUT2D eigenvalue weighted by Gasteiger charge is 2.68. The first-order valence-electron chi connectivity index (χ1n) is 10.2. The molecule has 4 atom stereocenters. The van der Waals surface area contributed by atoms with E-state index in [0.29, 0.717) is 18.7 Å². The molecule has 2 N–H and O–H groups in total. The van der Waals surface area contributed by atoms with Crippen LogP contribution in [-0.2, 0) is 14.4 Å². The molecule has 6 heteroatoms. The molecule has 29 heavy (non-hydrogen) atoms. The van der Waals surface area contributed by atoms with E-state index in [9.17, 15) is 14.4 Å². The van der Waals surface area contributed by atoms with Crippen molar-refractivity contribution in [2.45, 2.75) is 30.8 Å². The molecule has 3 aliphatic heterocycles. The van der Waals surface area contributed by atoms with Crippen molar-refractivity contribution in [1.29, 1.82) is 0 Å². The average molecular weight is 389 g/mol. The summed E-state index contributed by atoms with van der Waals surface area (Å²) < 4.78 is 0. The lowest BCUT2D eigenvalue weighted by molar-refractivity contribution is -0.134. The number of anilines is 1. The van der Waals surface area contributed by atoms with Gasteiger partial charge in [0.15, 0.2) is 0 Å². The van der Waals surface area contributed by atoms with Crippen molar-refractivity contribution in [2.24, 2.45) is 11.8 Å². The zero-order chi connectivity index (χ0) is 20.0. The Balaban J connectivity index is 1.64. The Hall–Kier alpha value is -2.99. The molecule has 0 bridgehead atoms. The first kappa shape index (κ1) is 18.1. The molecule has 0 saturated carbocycles. The number of carbonyl (C=O) groups excluding carboxylic acids is 3. The van der Waals surface area contributed by atoms with Crippen molar-refractivity contribution in [3.05, 3.63) is 66.2 Å². The van der Waals surface area contributed by atoms with E-state index in [-0.39, 0.29) is 23.8 Å². The first-order chi connectivity index (χ1) is 14.1. The predicted molar refractivity (Wildman–Crippen MR) is 108 cm³/mol. The van der Waals surface area contributed by atoms with Crippen molar-refractivity contribution >= 4 is 23.4 Å². The van der Waals surface area contributed by atoms with Gasteiger partial charge in [0, 0.05) is 12.6 Å². The van der Waals surface area contributed by atoms with E-state index in [0.717, 1.165) is 18.4 Å². The predicted octanol–water partition coefficient (Wildman–Crippen LogP) is 2.18. The van der Waals surface area contributed by atoms with Crippen LogP contribution in [0.5, 0.6) is 0 Å². The van der Waals surface area contributed by atoms with Gasteiger partial charge in [0.2, 0.25) is 17.7 Å². The summed E-state index contributed by atoms with van der Waals surface area (Å²) in [5.41, 5.74) is 0.429. The lowest BCUT2D eigenvalue weighted by Crippen LogP contribution is -2.59. The number of hydrogen-bond donors (Lipinski definition) is 2. The van der Waals surface area contributed by atoms with Gasteiger partial charge in [-0.15, -0.1) is 0 Å². The molecule has 3 amide bonds. The molecule has 5 rings (SSSR count). The second-order valence-electron chi connectivity index (χ2n) is 8.07. The summed E-state index contributed by atoms with van der Waals surface area (Å²) in [7, 11) is 0. The maximum absolute atomic E-state index is 13.6. The summed E-state index contributed by atoms with van der Waals surface area (Å²) in [6.45, 7) is 0.597. The van der Waals surface area contributed by atoms with Gasteiger partial charge in [-0.2, -0.15) is 0 Å². The zero-order valence-corrected chi connectivity index (χ0v) is 16.0. The molecule has 0 unspecified atom stereocenters. The molecule has 1 spiro atoms. The summed E-state index contributed by atoms with van der Waals surface area (Å²) in [5, 5.41) is 6.44. The normalized spacial score (nSPS) is 31.7. The number of hydrogen-bond acceptors (Lipinski definition) is 4. The van der Waals surface area contributed by atoms with Crippen LogP contribution in [0.3, 0.4) is 0 Å². The van der Waals surface area contributed by atoms with Gasteiger partial charge in [0.05, 0.1) is 17.5 Å². The Labute approximate surface area is 169 Å². The highest BCUT2D eigenvalue weighted by atomic mass is 16.2. The van der Waals surface area contributed by atoms with Crippen LogP contribution < -0.4 is 15.5 Å². The third-order valence-electron chi connectivity index (χ3n) is 6.52. The molecule has 0 aromatic heterocycles. The van der Waals surface area contributed by atoms with Gasteiger partial charge in [0.1, 0.15) is 5.54 Å². The number of imide groups is 1. The SMILES string of the molecule is O=C1[C@H]2[C@@H](C(=O)N1c1ccccc1)[C@]1(CCCCNC1=O)N[C@H]2c1ccccc1. The molecule has 0 radical (unpaired) electrons. The minimum atomic E-state index is -1.06. The second kappa shape index (κ2) is 6.81. The smallest absolute Gasteiger partial charge is 0.241 e. The third-order valence-corrected chi connectivity index (χ3v) is 6.52. The molecular formula is C23H23N3O3. The van der Waals surface area contributed by atoms with Gasteiger partial charge in [0.25, 0.3) is 0 Å². The van der Waals surface area contributed by atoms with E-state index in [2.05, 4.69) is 10.6 Å². The molecule has 2 aromatic rings. The molecule has 3 saturated heterocycles. The van der Waals surface area contributed by atoms with Crippen molar-refractivity contribution in [3.63, 3.8) is 0 Å². The van der Waals surface area contributed by atoms with E-state index < -0.39 is 17.4 Å². The van der Waals surface area contributed by atoms with Crippen molar-refractivity contribution in [1.82, 2.24) is 10.6 Å². The third kappa shape index (κ3) is 2.63. The second-order valence-corrected chi connectivity index (χ2v) is 8.07. The fraction of sp³-hybridized carbons (Fsp3) is 0.348. The van der Waals surface area contributed by atoms with Crippen LogP contribution in [0.25, 0.3) is 0 Å². The number of nitrogens with zero attached hydrogens (tertiary/aromatic N) is 1. The maximum Gasteiger partial charge on any atom is 0.241 e. The van der Waals surface area contributed by atoms with Gasteiger partial charge in [-0.3, -0.25) is 19.7 Å². The summed E-state index contributed by atoms with van der Waals surface area (Å²) in [4.78, 5) is 41.6. The number of benzene rings is 2. The van der Waals surface area contributed by atoms with Crippen molar-refractivity contribution in [3.8, 4) is 0 Å². The van der Waals surface area contributed by atoms with Gasteiger partial charge in [-0.1, -0.05) is 48.5 Å². The molecule has 3 aliphatic rings. The minimum Gasteiger partial charge on any atom is -0.354 e. The van der Waals surface area contributed by atoms with Gasteiger partial charge < -0.3 is 5.32 Å². The highest BCUT2D eigenvalue weighted by Crippen LogP contribution is 2.51. The van der Waals surface area contributed by atoms with Crippen molar-refractivity contribution in [2.75, 3.05) is 11.4 Å². The number of fused-ring (bicyclic) bond motifs is 2. The summed E-state index contributed by atoms with van der Waals surface area (Å²) in [6.07, 6.45) is 2.24. The molecule has 3 fully saturated rings. The summed E-state index contributed by atoms with van der Waals surface area (Å²) in [6, 6.07) is 18.3. The molecule has 148 valence electrons. The van der Waals surface area contributed by atoms with Crippen LogP contribution in [0, 0.1) is 11.8 Å². The van der Waals surface area contributed by atoms with Crippen LogP contribution in [0.4, 0.5) is 5.69 Å². The van der Waals surface area contributed by atoms with Gasteiger partial charge in [-0.25, -0.2) is 4.90 Å². The van der Waals surface area contributed by atoms with E-state index in [1.165, 1.54) is 4.90 Å².